The molecule has 190 valence electrons. The molecule has 0 bridgehead atoms. The molecule has 1 fully saturated rings. The highest BCUT2D eigenvalue weighted by Crippen LogP contribution is 2.36. The number of hydrogen-bond donors (Lipinski definition) is 2. The van der Waals surface area contributed by atoms with Crippen LogP contribution in [0.1, 0.15) is 24.2 Å². The van der Waals surface area contributed by atoms with Crippen molar-refractivity contribution in [3.8, 4) is 11.3 Å². The Morgan fingerprint density at radius 2 is 1.72 bits per heavy atom. The van der Waals surface area contributed by atoms with E-state index < -0.39 is 55.2 Å². The summed E-state index contributed by atoms with van der Waals surface area (Å²) >= 11 is 0. The van der Waals surface area contributed by atoms with Crippen LogP contribution in [0, 0.1) is 5.82 Å². The normalized spacial score (nSPS) is 18.0. The fourth-order valence-corrected chi connectivity index (χ4v) is 5.04. The minimum Gasteiger partial charge on any atom is -0.306 e. The fourth-order valence-electron chi connectivity index (χ4n) is 3.60. The van der Waals surface area contributed by atoms with E-state index in [0.717, 1.165) is 48.9 Å². The smallest absolute Gasteiger partial charge is 0.306 e. The van der Waals surface area contributed by atoms with Gasteiger partial charge in [0, 0.05) is 11.8 Å². The predicted octanol–water partition coefficient (Wildman–Crippen LogP) is 3.12. The van der Waals surface area contributed by atoms with Gasteiger partial charge in [-0.3, -0.25) is 9.78 Å². The van der Waals surface area contributed by atoms with Gasteiger partial charge in [-0.15, -0.1) is 0 Å². The number of benzene rings is 1. The number of hydrogen-bond acceptors (Lipinski definition) is 7. The zero-order chi connectivity index (χ0) is 26.1. The van der Waals surface area contributed by atoms with Crippen molar-refractivity contribution in [2.45, 2.75) is 35.1 Å². The third-order valence-electron chi connectivity index (χ3n) is 5.50. The molecule has 1 saturated heterocycles. The number of sulfone groups is 1. The Morgan fingerprint density at radius 3 is 2.31 bits per heavy atom. The van der Waals surface area contributed by atoms with Crippen LogP contribution < -0.4 is 10.6 Å². The van der Waals surface area contributed by atoms with Crippen molar-refractivity contribution in [1.82, 2.24) is 25.6 Å². The van der Waals surface area contributed by atoms with Gasteiger partial charge in [0.25, 0.3) is 0 Å². The molecular weight excluding hydrogens is 509 g/mol. The third-order valence-corrected chi connectivity index (χ3v) is 7.45. The lowest BCUT2D eigenvalue weighted by molar-refractivity contribution is -0.141. The first kappa shape index (κ1) is 25.6. The van der Waals surface area contributed by atoms with Gasteiger partial charge in [-0.25, -0.2) is 22.8 Å². The van der Waals surface area contributed by atoms with Crippen LogP contribution in [0.3, 0.4) is 0 Å². The Kier molecular flexibility index (Phi) is 6.75. The molecule has 3 aromatic rings. The third kappa shape index (κ3) is 4.91. The Bertz CT molecular complexity index is 1360. The first-order chi connectivity index (χ1) is 16.9. The highest BCUT2D eigenvalue weighted by Gasteiger charge is 2.51. The lowest BCUT2D eigenvalue weighted by Gasteiger charge is -2.27. The highest BCUT2D eigenvalue weighted by atomic mass is 32.2. The number of amides is 1. The predicted molar refractivity (Wildman–Crippen MR) is 116 cm³/mol. The zero-order valence-electron chi connectivity index (χ0n) is 18.3. The van der Waals surface area contributed by atoms with E-state index in [1.165, 1.54) is 0 Å². The second-order valence-corrected chi connectivity index (χ2v) is 9.95. The number of carbonyl (C=O) groups is 1. The molecule has 1 amide bonds. The monoisotopic (exact) mass is 527 g/mol. The molecule has 4 rings (SSSR count). The minimum atomic E-state index is -5.07. The number of pyridine rings is 1. The van der Waals surface area contributed by atoms with E-state index >= 15 is 4.39 Å². The van der Waals surface area contributed by atoms with Crippen LogP contribution in [0.4, 0.5) is 22.0 Å². The second-order valence-electron chi connectivity index (χ2n) is 7.91. The fraction of sp³-hybridized carbons (Fsp3) is 0.273. The van der Waals surface area contributed by atoms with Crippen molar-refractivity contribution in [2.24, 2.45) is 0 Å². The van der Waals surface area contributed by atoms with E-state index in [-0.39, 0.29) is 11.3 Å². The van der Waals surface area contributed by atoms with Crippen LogP contribution in [-0.2, 0) is 25.9 Å². The highest BCUT2D eigenvalue weighted by molar-refractivity contribution is 7.92. The Morgan fingerprint density at radius 1 is 1.00 bits per heavy atom. The lowest BCUT2D eigenvalue weighted by atomic mass is 10.1. The van der Waals surface area contributed by atoms with Crippen LogP contribution in [0.25, 0.3) is 11.3 Å². The molecular formula is C22H18F5N5O3S. The van der Waals surface area contributed by atoms with Crippen LogP contribution in [-0.4, -0.2) is 41.9 Å². The summed E-state index contributed by atoms with van der Waals surface area (Å²) in [5.74, 6) is -1.71. The molecule has 14 heteroatoms. The van der Waals surface area contributed by atoms with E-state index in [4.69, 9.17) is 0 Å². The molecule has 8 nitrogen and oxygen atoms in total. The van der Waals surface area contributed by atoms with Gasteiger partial charge in [-0.1, -0.05) is 0 Å². The topological polar surface area (TPSA) is 114 Å². The quantitative estimate of drug-likeness (QED) is 0.288. The average Bonchev–Trinajstić information content (AvgIpc) is 3.39. The first-order valence-corrected chi connectivity index (χ1v) is 12.0. The van der Waals surface area contributed by atoms with E-state index in [9.17, 15) is 30.8 Å². The molecule has 0 unspecified atom stereocenters. The largest absolute Gasteiger partial charge is 0.433 e. The number of carbonyl (C=O) groups excluding carboxylic acids is 1. The number of nitrogens with one attached hydrogen (secondary N) is 2. The molecule has 2 aromatic heterocycles. The van der Waals surface area contributed by atoms with Gasteiger partial charge < -0.3 is 10.6 Å². The first-order valence-electron chi connectivity index (χ1n) is 10.5. The average molecular weight is 527 g/mol. The van der Waals surface area contributed by atoms with E-state index in [1.54, 1.807) is 0 Å². The summed E-state index contributed by atoms with van der Waals surface area (Å²) in [6.45, 7) is 0.473. The summed E-state index contributed by atoms with van der Waals surface area (Å²) in [7, 11) is -5.07. The SMILES string of the molecule is O=C(N[C@](F)(c1cc(-c2ccc(C(F)(F)F)nc2)ncn1)S(=O)(=O)c1ccc(F)cc1)[C@@H]1CCCN1. The minimum absolute atomic E-state index is 0.0111. The van der Waals surface area contributed by atoms with Gasteiger partial charge in [0.15, 0.2) is 0 Å². The Balaban J connectivity index is 1.79. The number of rotatable bonds is 6. The van der Waals surface area contributed by atoms with Gasteiger partial charge in [-0.2, -0.15) is 17.6 Å². The van der Waals surface area contributed by atoms with Gasteiger partial charge in [0.05, 0.1) is 16.6 Å². The molecule has 36 heavy (non-hydrogen) atoms. The van der Waals surface area contributed by atoms with Gasteiger partial charge in [-0.05, 0) is 61.9 Å². The maximum Gasteiger partial charge on any atom is 0.433 e. The molecule has 0 aliphatic carbocycles. The lowest BCUT2D eigenvalue weighted by Crippen LogP contribution is -2.53. The van der Waals surface area contributed by atoms with Gasteiger partial charge in [0.1, 0.15) is 23.5 Å². The van der Waals surface area contributed by atoms with Gasteiger partial charge >= 0.3 is 11.3 Å². The van der Waals surface area contributed by atoms with Crippen molar-refractivity contribution in [2.75, 3.05) is 6.54 Å². The molecule has 1 aromatic carbocycles. The second kappa shape index (κ2) is 9.50. The van der Waals surface area contributed by atoms with E-state index in [2.05, 4.69) is 20.3 Å². The Hall–Kier alpha value is -3.52. The van der Waals surface area contributed by atoms with Crippen LogP contribution in [0.2, 0.25) is 0 Å². The van der Waals surface area contributed by atoms with Crippen LogP contribution in [0.5, 0.6) is 0 Å². The summed E-state index contributed by atoms with van der Waals surface area (Å²) < 4.78 is 95.3. The number of alkyl halides is 4. The molecule has 2 N–H and O–H groups in total. The zero-order valence-corrected chi connectivity index (χ0v) is 19.1. The summed E-state index contributed by atoms with van der Waals surface area (Å²) in [4.78, 5) is 23.0. The number of aromatic nitrogens is 3. The van der Waals surface area contributed by atoms with Crippen molar-refractivity contribution < 1.29 is 35.2 Å². The number of halogens is 5. The van der Waals surface area contributed by atoms with Crippen molar-refractivity contribution in [3.05, 3.63) is 72.2 Å². The summed E-state index contributed by atoms with van der Waals surface area (Å²) in [6.07, 6.45) is -2.10. The van der Waals surface area contributed by atoms with Crippen molar-refractivity contribution in [3.63, 3.8) is 0 Å². The molecule has 3 heterocycles. The molecule has 1 aliphatic heterocycles. The maximum atomic E-state index is 16.6. The molecule has 2 atom stereocenters. The van der Waals surface area contributed by atoms with E-state index in [0.29, 0.717) is 25.5 Å². The molecule has 0 radical (unpaired) electrons. The van der Waals surface area contributed by atoms with Crippen molar-refractivity contribution >= 4 is 15.7 Å². The van der Waals surface area contributed by atoms with Gasteiger partial charge in [0.2, 0.25) is 15.7 Å². The molecule has 1 aliphatic rings. The molecule has 0 saturated carbocycles. The summed E-state index contributed by atoms with van der Waals surface area (Å²) in [6, 6.07) is 5.03. The van der Waals surface area contributed by atoms with Crippen molar-refractivity contribution in [1.29, 1.82) is 0 Å². The molecule has 0 spiro atoms. The summed E-state index contributed by atoms with van der Waals surface area (Å²) in [5, 5.41) is 1.11. The Labute approximate surface area is 201 Å². The summed E-state index contributed by atoms with van der Waals surface area (Å²) in [5.41, 5.74) is -2.11. The maximum absolute atomic E-state index is 16.6. The standard InChI is InChI=1S/C22H18F5N5O3S/c23-14-4-6-15(7-5-14)36(34,35)22(27,32-20(33)16-2-1-9-28-16)19-10-17(30-12-31-19)13-3-8-18(29-11-13)21(24,25)26/h3-8,10-12,16,28H,1-2,9H2,(H,32,33)/t16-,22+/m0/s1. The van der Waals surface area contributed by atoms with Crippen LogP contribution in [0.15, 0.2) is 59.9 Å². The number of nitrogens with zero attached hydrogens (tertiary/aromatic N) is 3. The van der Waals surface area contributed by atoms with Crippen LogP contribution >= 0.6 is 0 Å². The van der Waals surface area contributed by atoms with E-state index in [1.807, 2.05) is 5.32 Å².